The molecule has 1 atom stereocenters. The van der Waals surface area contributed by atoms with Crippen molar-refractivity contribution in [2.75, 3.05) is 51.6 Å². The molecule has 0 saturated carbocycles. The summed E-state index contributed by atoms with van der Waals surface area (Å²) in [5.74, 6) is 1.32. The summed E-state index contributed by atoms with van der Waals surface area (Å²) in [6.07, 6.45) is 6.41. The zero-order valence-electron chi connectivity index (χ0n) is 16.6. The molecule has 2 aliphatic rings. The third-order valence-corrected chi connectivity index (χ3v) is 7.48. The third kappa shape index (κ3) is 3.37. The summed E-state index contributed by atoms with van der Waals surface area (Å²) in [4.78, 5) is 2.35. The summed E-state index contributed by atoms with van der Waals surface area (Å²) >= 11 is 0. The second-order valence-corrected chi connectivity index (χ2v) is 9.98. The fourth-order valence-electron chi connectivity index (χ4n) is 4.44. The second kappa shape index (κ2) is 7.04. The predicted molar refractivity (Wildman–Crippen MR) is 109 cm³/mol. The highest BCUT2D eigenvalue weighted by Crippen LogP contribution is 2.43. The number of fused-ring (bicyclic) bond motifs is 1. The Labute approximate surface area is 165 Å². The van der Waals surface area contributed by atoms with E-state index in [0.29, 0.717) is 11.5 Å². The molecule has 9 heteroatoms. The van der Waals surface area contributed by atoms with E-state index >= 15 is 0 Å². The quantitative estimate of drug-likeness (QED) is 0.840. The number of rotatable bonds is 4. The largest absolute Gasteiger partial charge is 0.493 e. The molecule has 3 heterocycles. The fraction of sp³-hybridized carbons (Fsp3) is 0.579. The van der Waals surface area contributed by atoms with Gasteiger partial charge in [-0.15, -0.1) is 0 Å². The van der Waals surface area contributed by atoms with Crippen LogP contribution in [0.25, 0.3) is 10.9 Å². The van der Waals surface area contributed by atoms with Crippen LogP contribution in [0, 0.1) is 10.2 Å². The summed E-state index contributed by atoms with van der Waals surface area (Å²) in [6.45, 7) is 3.34. The van der Waals surface area contributed by atoms with Gasteiger partial charge in [-0.25, -0.2) is 13.3 Å². The summed E-state index contributed by atoms with van der Waals surface area (Å²) in [7, 11) is 0.633. The van der Waals surface area contributed by atoms with E-state index in [9.17, 15) is 4.21 Å². The van der Waals surface area contributed by atoms with Crippen molar-refractivity contribution in [3.63, 3.8) is 0 Å². The number of hydrogen-bond donors (Lipinski definition) is 1. The SMILES string of the molecule is COc1cc2nncc(N3CCC4(CC3)CCN([S@@](C)(=N)=O)C4)c2cc1OC. The number of nitrogens with one attached hydrogen (secondary N) is 1. The number of benzene rings is 1. The Morgan fingerprint density at radius 1 is 1.11 bits per heavy atom. The van der Waals surface area contributed by atoms with E-state index in [2.05, 4.69) is 15.1 Å². The van der Waals surface area contributed by atoms with E-state index in [1.807, 2.05) is 22.6 Å². The molecule has 1 spiro atoms. The van der Waals surface area contributed by atoms with E-state index in [4.69, 9.17) is 14.3 Å². The molecule has 0 aliphatic carbocycles. The molecule has 152 valence electrons. The van der Waals surface area contributed by atoms with Gasteiger partial charge in [0.15, 0.2) is 11.5 Å². The van der Waals surface area contributed by atoms with Crippen molar-refractivity contribution in [2.45, 2.75) is 19.3 Å². The standard InChI is InChI=1S/C19H27N5O3S/c1-26-17-10-14-15(11-18(17)27-2)22-21-12-16(14)23-7-4-19(5-8-23)6-9-24(13-19)28(3,20)25/h10-12,20H,4-9,13H2,1-3H3/t28-/m1/s1. The Balaban J connectivity index is 1.58. The van der Waals surface area contributed by atoms with Gasteiger partial charge in [-0.3, -0.25) is 0 Å². The first kappa shape index (κ1) is 19.2. The van der Waals surface area contributed by atoms with Gasteiger partial charge in [0.1, 0.15) is 9.92 Å². The average molecular weight is 406 g/mol. The first-order chi connectivity index (χ1) is 13.3. The van der Waals surface area contributed by atoms with Crippen LogP contribution in [0.1, 0.15) is 19.3 Å². The number of ether oxygens (including phenoxy) is 2. The van der Waals surface area contributed by atoms with Crippen LogP contribution in [0.15, 0.2) is 18.3 Å². The molecule has 0 amide bonds. The van der Waals surface area contributed by atoms with E-state index < -0.39 is 9.92 Å². The molecule has 4 rings (SSSR count). The number of hydrogen-bond acceptors (Lipinski definition) is 7. The van der Waals surface area contributed by atoms with Gasteiger partial charge in [0, 0.05) is 43.9 Å². The van der Waals surface area contributed by atoms with E-state index in [-0.39, 0.29) is 5.41 Å². The van der Waals surface area contributed by atoms with Crippen molar-refractivity contribution in [3.05, 3.63) is 18.3 Å². The van der Waals surface area contributed by atoms with E-state index in [0.717, 1.165) is 62.0 Å². The molecule has 0 bridgehead atoms. The van der Waals surface area contributed by atoms with Crippen LogP contribution in [-0.4, -0.2) is 65.4 Å². The molecule has 1 N–H and O–H groups in total. The minimum atomic E-state index is -2.61. The van der Waals surface area contributed by atoms with Crippen LogP contribution in [0.4, 0.5) is 5.69 Å². The predicted octanol–water partition coefficient (Wildman–Crippen LogP) is 2.53. The Kier molecular flexibility index (Phi) is 4.83. The van der Waals surface area contributed by atoms with Gasteiger partial charge < -0.3 is 14.4 Å². The van der Waals surface area contributed by atoms with Crippen LogP contribution in [0.2, 0.25) is 0 Å². The summed E-state index contributed by atoms with van der Waals surface area (Å²) in [5.41, 5.74) is 2.01. The number of piperidine rings is 1. The summed E-state index contributed by atoms with van der Waals surface area (Å²) in [5, 5.41) is 9.45. The number of anilines is 1. The van der Waals surface area contributed by atoms with Crippen LogP contribution in [0.3, 0.4) is 0 Å². The van der Waals surface area contributed by atoms with E-state index in [1.165, 1.54) is 6.26 Å². The Hall–Kier alpha value is -2.13. The lowest BCUT2D eigenvalue weighted by atomic mass is 9.77. The molecule has 28 heavy (non-hydrogen) atoms. The maximum Gasteiger partial charge on any atom is 0.162 e. The Morgan fingerprint density at radius 2 is 1.75 bits per heavy atom. The van der Waals surface area contributed by atoms with Gasteiger partial charge in [0.2, 0.25) is 0 Å². The summed E-state index contributed by atoms with van der Waals surface area (Å²) < 4.78 is 32.7. The highest BCUT2D eigenvalue weighted by molar-refractivity contribution is 7.89. The highest BCUT2D eigenvalue weighted by atomic mass is 32.2. The lowest BCUT2D eigenvalue weighted by Crippen LogP contribution is -2.42. The topological polar surface area (TPSA) is 91.6 Å². The van der Waals surface area contributed by atoms with Gasteiger partial charge in [-0.1, -0.05) is 0 Å². The first-order valence-electron chi connectivity index (χ1n) is 9.46. The Morgan fingerprint density at radius 3 is 2.36 bits per heavy atom. The van der Waals surface area contributed by atoms with E-state index in [1.54, 1.807) is 14.2 Å². The molecular weight excluding hydrogens is 378 g/mol. The van der Waals surface area contributed by atoms with Crippen molar-refractivity contribution in [2.24, 2.45) is 5.41 Å². The van der Waals surface area contributed by atoms with Crippen LogP contribution < -0.4 is 14.4 Å². The second-order valence-electron chi connectivity index (χ2n) is 7.86. The zero-order chi connectivity index (χ0) is 19.9. The molecule has 8 nitrogen and oxygen atoms in total. The molecular formula is C19H27N5O3S. The monoisotopic (exact) mass is 405 g/mol. The van der Waals surface area contributed by atoms with Crippen molar-refractivity contribution in [3.8, 4) is 11.5 Å². The first-order valence-corrected chi connectivity index (χ1v) is 11.4. The Bertz CT molecular complexity index is 986. The lowest BCUT2D eigenvalue weighted by Gasteiger charge is -2.40. The number of aromatic nitrogens is 2. The zero-order valence-corrected chi connectivity index (χ0v) is 17.4. The van der Waals surface area contributed by atoms with Gasteiger partial charge in [0.05, 0.1) is 31.6 Å². The van der Waals surface area contributed by atoms with Gasteiger partial charge in [-0.2, -0.15) is 10.2 Å². The molecule has 0 radical (unpaired) electrons. The minimum absolute atomic E-state index is 0.174. The highest BCUT2D eigenvalue weighted by Gasteiger charge is 2.42. The van der Waals surface area contributed by atoms with Crippen molar-refractivity contribution in [1.29, 1.82) is 4.78 Å². The molecule has 1 aromatic carbocycles. The van der Waals surface area contributed by atoms with Crippen LogP contribution in [-0.2, 0) is 9.92 Å². The lowest BCUT2D eigenvalue weighted by molar-refractivity contribution is 0.236. The third-order valence-electron chi connectivity index (χ3n) is 6.18. The smallest absolute Gasteiger partial charge is 0.162 e. The van der Waals surface area contributed by atoms with Crippen LogP contribution >= 0.6 is 0 Å². The van der Waals surface area contributed by atoms with Gasteiger partial charge in [-0.05, 0) is 30.7 Å². The molecule has 2 saturated heterocycles. The number of nitrogens with zero attached hydrogens (tertiary/aromatic N) is 4. The summed E-state index contributed by atoms with van der Waals surface area (Å²) in [6, 6.07) is 3.82. The van der Waals surface area contributed by atoms with Crippen molar-refractivity contribution in [1.82, 2.24) is 14.5 Å². The molecule has 2 aliphatic heterocycles. The molecule has 2 fully saturated rings. The number of methoxy groups -OCH3 is 2. The van der Waals surface area contributed by atoms with Crippen molar-refractivity contribution >= 4 is 26.5 Å². The minimum Gasteiger partial charge on any atom is -0.493 e. The average Bonchev–Trinajstić information content (AvgIpc) is 3.11. The maximum absolute atomic E-state index is 12.1. The molecule has 0 unspecified atom stereocenters. The molecule has 1 aromatic heterocycles. The van der Waals surface area contributed by atoms with Gasteiger partial charge in [0.25, 0.3) is 0 Å². The maximum atomic E-state index is 12.1. The van der Waals surface area contributed by atoms with Crippen molar-refractivity contribution < 1.29 is 13.7 Å². The van der Waals surface area contributed by atoms with Crippen LogP contribution in [0.5, 0.6) is 11.5 Å². The van der Waals surface area contributed by atoms with Gasteiger partial charge >= 0.3 is 0 Å². The normalized spacial score (nSPS) is 21.8. The molecule has 2 aromatic rings. The fourth-order valence-corrected chi connectivity index (χ4v) is 5.40.